The fourth-order valence-corrected chi connectivity index (χ4v) is 5.16. The van der Waals surface area contributed by atoms with Gasteiger partial charge < -0.3 is 14.2 Å². The van der Waals surface area contributed by atoms with Crippen LogP contribution in [0.1, 0.15) is 77.5 Å². The van der Waals surface area contributed by atoms with E-state index in [9.17, 15) is 9.59 Å². The van der Waals surface area contributed by atoms with Crippen molar-refractivity contribution >= 4 is 29.2 Å². The van der Waals surface area contributed by atoms with Crippen LogP contribution in [0.25, 0.3) is 5.57 Å². The first-order valence-corrected chi connectivity index (χ1v) is 14.5. The fourth-order valence-electron chi connectivity index (χ4n) is 4.63. The van der Waals surface area contributed by atoms with E-state index in [0.29, 0.717) is 41.2 Å². The van der Waals surface area contributed by atoms with E-state index in [0.717, 1.165) is 37.1 Å². The highest BCUT2D eigenvalue weighted by Crippen LogP contribution is 2.32. The number of ether oxygens (including phenoxy) is 3. The molecule has 0 saturated heterocycles. The third-order valence-electron chi connectivity index (χ3n) is 6.86. The average Bonchev–Trinajstić information content (AvgIpc) is 3.37. The number of likely N-dealkylation sites (N-methyl/N-ethyl adjacent to an activating group) is 1. The molecule has 0 amide bonds. The maximum Gasteiger partial charge on any atom is 0.314 e. The lowest BCUT2D eigenvalue weighted by molar-refractivity contribution is -0.947. The van der Waals surface area contributed by atoms with Crippen molar-refractivity contribution in [2.45, 2.75) is 78.9 Å². The van der Waals surface area contributed by atoms with E-state index in [2.05, 4.69) is 28.8 Å². The molecule has 0 saturated carbocycles. The predicted molar refractivity (Wildman–Crippen MR) is 149 cm³/mol. The molecule has 0 N–H and O–H groups in total. The van der Waals surface area contributed by atoms with Gasteiger partial charge in [0.2, 0.25) is 6.23 Å². The molecule has 1 aliphatic heterocycles. The lowest BCUT2D eigenvalue weighted by Crippen LogP contribution is -2.56. The van der Waals surface area contributed by atoms with Gasteiger partial charge in [0.15, 0.2) is 0 Å². The molecule has 9 heteroatoms. The Labute approximate surface area is 230 Å². The Hall–Kier alpha value is -2.78. The van der Waals surface area contributed by atoms with Gasteiger partial charge in [-0.3, -0.25) is 14.1 Å². The number of unbranched alkanes of at least 4 members (excludes halogenated alkanes) is 3. The first-order valence-electron chi connectivity index (χ1n) is 13.8. The van der Waals surface area contributed by atoms with Crippen LogP contribution in [-0.4, -0.2) is 58.1 Å². The number of carbonyl (C=O) groups excluding carboxylic acids is 2. The molecule has 1 aromatic heterocycles. The minimum atomic E-state index is -0.341. The minimum Gasteiger partial charge on any atom is -0.475 e. The number of nitrogens with zero attached hydrogens (tertiary/aromatic N) is 3. The SMILES string of the molecule is CCCCCCOc1nsnc1C1=CCC[N+](C)(C(CC)OC(=O)Cc2ccccc2OC(=O)C(C)C)C1. The Balaban J connectivity index is 1.65. The summed E-state index contributed by atoms with van der Waals surface area (Å²) in [5.41, 5.74) is 2.52. The molecule has 3 rings (SSSR count). The molecule has 1 aliphatic rings. The number of aromatic nitrogens is 2. The zero-order chi connectivity index (χ0) is 27.5. The second-order valence-corrected chi connectivity index (χ2v) is 10.9. The molecule has 38 heavy (non-hydrogen) atoms. The number of benzene rings is 1. The van der Waals surface area contributed by atoms with Crippen molar-refractivity contribution in [1.29, 1.82) is 0 Å². The molecule has 2 unspecified atom stereocenters. The zero-order valence-corrected chi connectivity index (χ0v) is 24.2. The highest BCUT2D eigenvalue weighted by Gasteiger charge is 2.38. The van der Waals surface area contributed by atoms with Gasteiger partial charge >= 0.3 is 11.9 Å². The van der Waals surface area contributed by atoms with Gasteiger partial charge in [0.25, 0.3) is 5.88 Å². The Kier molecular flexibility index (Phi) is 11.3. The first kappa shape index (κ1) is 29.8. The third kappa shape index (κ3) is 8.11. The molecule has 0 bridgehead atoms. The molecule has 2 aromatic rings. The maximum absolute atomic E-state index is 13.1. The number of carbonyl (C=O) groups is 2. The molecule has 8 nitrogen and oxygen atoms in total. The summed E-state index contributed by atoms with van der Waals surface area (Å²) in [6.07, 6.45) is 7.99. The van der Waals surface area contributed by atoms with Crippen molar-refractivity contribution in [3.8, 4) is 11.6 Å². The number of quaternary nitrogens is 1. The van der Waals surface area contributed by atoms with Crippen LogP contribution >= 0.6 is 11.7 Å². The van der Waals surface area contributed by atoms with Crippen molar-refractivity contribution in [2.24, 2.45) is 5.92 Å². The van der Waals surface area contributed by atoms with E-state index in [1.54, 1.807) is 32.0 Å². The molecule has 0 fully saturated rings. The summed E-state index contributed by atoms with van der Waals surface area (Å²) < 4.78 is 27.0. The predicted octanol–water partition coefficient (Wildman–Crippen LogP) is 5.81. The highest BCUT2D eigenvalue weighted by molar-refractivity contribution is 6.99. The average molecular weight is 545 g/mol. The lowest BCUT2D eigenvalue weighted by Gasteiger charge is -2.42. The second kappa shape index (κ2) is 14.4. The first-order chi connectivity index (χ1) is 18.3. The van der Waals surface area contributed by atoms with Gasteiger partial charge in [-0.2, -0.15) is 4.37 Å². The number of rotatable bonds is 14. The smallest absolute Gasteiger partial charge is 0.314 e. The minimum absolute atomic E-state index is 0.0345. The van der Waals surface area contributed by atoms with Gasteiger partial charge in [-0.05, 0) is 12.5 Å². The summed E-state index contributed by atoms with van der Waals surface area (Å²) in [6, 6.07) is 7.12. The molecule has 0 radical (unpaired) electrons. The van der Waals surface area contributed by atoms with Crippen LogP contribution in [0.2, 0.25) is 0 Å². The van der Waals surface area contributed by atoms with Crippen molar-refractivity contribution in [3.63, 3.8) is 0 Å². The quantitative estimate of drug-likeness (QED) is 0.128. The van der Waals surface area contributed by atoms with Crippen molar-refractivity contribution < 1.29 is 28.3 Å². The number of para-hydroxylation sites is 1. The molecule has 2 heterocycles. The van der Waals surface area contributed by atoms with Crippen LogP contribution in [0.4, 0.5) is 0 Å². The summed E-state index contributed by atoms with van der Waals surface area (Å²) in [6.45, 7) is 9.95. The van der Waals surface area contributed by atoms with E-state index in [1.165, 1.54) is 24.6 Å². The van der Waals surface area contributed by atoms with Gasteiger partial charge in [-0.25, -0.2) is 0 Å². The van der Waals surface area contributed by atoms with Crippen LogP contribution < -0.4 is 9.47 Å². The summed E-state index contributed by atoms with van der Waals surface area (Å²) in [5, 5.41) is 0. The largest absolute Gasteiger partial charge is 0.475 e. The van der Waals surface area contributed by atoms with Crippen molar-refractivity contribution in [2.75, 3.05) is 26.7 Å². The monoisotopic (exact) mass is 544 g/mol. The van der Waals surface area contributed by atoms with E-state index in [4.69, 9.17) is 14.2 Å². The normalized spacial score (nSPS) is 18.1. The Bertz CT molecular complexity index is 1100. The Morgan fingerprint density at radius 3 is 2.63 bits per heavy atom. The Morgan fingerprint density at radius 2 is 1.89 bits per heavy atom. The summed E-state index contributed by atoms with van der Waals surface area (Å²) in [4.78, 5) is 25.2. The van der Waals surface area contributed by atoms with Gasteiger partial charge in [0.05, 0.1) is 44.3 Å². The van der Waals surface area contributed by atoms with Crippen molar-refractivity contribution in [3.05, 3.63) is 41.6 Å². The van der Waals surface area contributed by atoms with Crippen LogP contribution in [0.5, 0.6) is 11.6 Å². The summed E-state index contributed by atoms with van der Waals surface area (Å²) >= 11 is 1.17. The van der Waals surface area contributed by atoms with Gasteiger partial charge in [-0.1, -0.05) is 71.2 Å². The molecule has 1 aromatic carbocycles. The van der Waals surface area contributed by atoms with Gasteiger partial charge in [0, 0.05) is 24.0 Å². The van der Waals surface area contributed by atoms with Gasteiger partial charge in [0.1, 0.15) is 18.0 Å². The highest BCUT2D eigenvalue weighted by atomic mass is 32.1. The molecular weight excluding hydrogens is 502 g/mol. The van der Waals surface area contributed by atoms with Crippen molar-refractivity contribution in [1.82, 2.24) is 8.75 Å². The molecule has 0 spiro atoms. The molecule has 0 aliphatic carbocycles. The van der Waals surface area contributed by atoms with Crippen LogP contribution in [-0.2, 0) is 20.7 Å². The van der Waals surface area contributed by atoms with E-state index in [-0.39, 0.29) is 30.5 Å². The number of esters is 2. The van der Waals surface area contributed by atoms with E-state index in [1.807, 2.05) is 13.0 Å². The molecule has 208 valence electrons. The lowest BCUT2D eigenvalue weighted by atomic mass is 10.0. The Morgan fingerprint density at radius 1 is 1.11 bits per heavy atom. The fraction of sp³-hybridized carbons (Fsp3) is 0.586. The number of hydrogen-bond donors (Lipinski definition) is 0. The zero-order valence-electron chi connectivity index (χ0n) is 23.4. The third-order valence-corrected chi connectivity index (χ3v) is 7.37. The molecular formula is C29H42N3O5S+. The van der Waals surface area contributed by atoms with E-state index < -0.39 is 0 Å². The van der Waals surface area contributed by atoms with Gasteiger partial charge in [-0.15, -0.1) is 4.37 Å². The maximum atomic E-state index is 13.1. The molecule has 2 atom stereocenters. The van der Waals surface area contributed by atoms with E-state index >= 15 is 0 Å². The number of hydrogen-bond acceptors (Lipinski definition) is 8. The summed E-state index contributed by atoms with van der Waals surface area (Å²) in [5.74, 6) is 0.0718. The van der Waals surface area contributed by atoms with Crippen LogP contribution in [0.15, 0.2) is 30.3 Å². The second-order valence-electron chi connectivity index (χ2n) is 10.4. The standard InChI is InChI=1S/C29H42N3O5S/c1-6-8-9-12-18-35-28-27(30-38-31-28)23-15-13-17-32(5,20-23)25(7-2)37-26(33)19-22-14-10-11-16-24(22)36-29(34)21(3)4/h10-11,14-16,21,25H,6-9,12-13,17-20H2,1-5H3/q+1. The van der Waals surface area contributed by atoms with Crippen LogP contribution in [0, 0.1) is 5.92 Å². The summed E-state index contributed by atoms with van der Waals surface area (Å²) in [7, 11) is 2.12. The topological polar surface area (TPSA) is 87.6 Å². The van der Waals surface area contributed by atoms with Crippen LogP contribution in [0.3, 0.4) is 0 Å².